The van der Waals surface area contributed by atoms with Crippen molar-refractivity contribution in [1.29, 1.82) is 0 Å². The highest BCUT2D eigenvalue weighted by Gasteiger charge is 2.21. The number of nitrogens with zero attached hydrogens (tertiary/aromatic N) is 2. The number of nitrogens with one attached hydrogen (secondary N) is 2. The van der Waals surface area contributed by atoms with Gasteiger partial charge in [-0.2, -0.15) is 0 Å². The SMILES string of the molecule is CC(C)Oc1ccc(Nc2ccc(NC(=O)C(C)(C)C)nn2)cc1. The molecule has 1 heterocycles. The maximum absolute atomic E-state index is 11.9. The van der Waals surface area contributed by atoms with Gasteiger partial charge in [0.05, 0.1) is 6.10 Å². The number of hydrogen-bond donors (Lipinski definition) is 2. The summed E-state index contributed by atoms with van der Waals surface area (Å²) in [6, 6.07) is 11.1. The third-order valence-electron chi connectivity index (χ3n) is 3.09. The van der Waals surface area contributed by atoms with Crippen LogP contribution in [0.25, 0.3) is 0 Å². The van der Waals surface area contributed by atoms with Gasteiger partial charge in [0.25, 0.3) is 0 Å². The number of carbonyl (C=O) groups is 1. The van der Waals surface area contributed by atoms with Gasteiger partial charge in [-0.05, 0) is 50.2 Å². The molecule has 2 N–H and O–H groups in total. The zero-order chi connectivity index (χ0) is 17.7. The molecule has 128 valence electrons. The van der Waals surface area contributed by atoms with Gasteiger partial charge in [0.2, 0.25) is 5.91 Å². The average molecular weight is 328 g/mol. The molecule has 0 spiro atoms. The smallest absolute Gasteiger partial charge is 0.230 e. The van der Waals surface area contributed by atoms with Crippen molar-refractivity contribution in [2.24, 2.45) is 5.41 Å². The van der Waals surface area contributed by atoms with Crippen LogP contribution in [0.2, 0.25) is 0 Å². The van der Waals surface area contributed by atoms with E-state index in [9.17, 15) is 4.79 Å². The quantitative estimate of drug-likeness (QED) is 0.868. The Morgan fingerprint density at radius 3 is 2.08 bits per heavy atom. The Balaban J connectivity index is 1.97. The van der Waals surface area contributed by atoms with E-state index in [-0.39, 0.29) is 12.0 Å². The lowest BCUT2D eigenvalue weighted by atomic mass is 9.96. The molecule has 0 saturated carbocycles. The van der Waals surface area contributed by atoms with E-state index in [1.165, 1.54) is 0 Å². The van der Waals surface area contributed by atoms with Crippen molar-refractivity contribution >= 4 is 23.2 Å². The van der Waals surface area contributed by atoms with Crippen LogP contribution in [0.5, 0.6) is 5.75 Å². The van der Waals surface area contributed by atoms with Crippen molar-refractivity contribution in [3.63, 3.8) is 0 Å². The van der Waals surface area contributed by atoms with Crippen LogP contribution in [0.15, 0.2) is 36.4 Å². The molecule has 0 aliphatic carbocycles. The summed E-state index contributed by atoms with van der Waals surface area (Å²) in [4.78, 5) is 11.9. The van der Waals surface area contributed by atoms with E-state index in [1.54, 1.807) is 12.1 Å². The largest absolute Gasteiger partial charge is 0.491 e. The first-order valence-electron chi connectivity index (χ1n) is 7.93. The second kappa shape index (κ2) is 7.29. The fraction of sp³-hybridized carbons (Fsp3) is 0.389. The first-order valence-corrected chi connectivity index (χ1v) is 7.93. The van der Waals surface area contributed by atoms with Gasteiger partial charge in [-0.1, -0.05) is 20.8 Å². The lowest BCUT2D eigenvalue weighted by Gasteiger charge is -2.16. The molecule has 0 radical (unpaired) electrons. The molecule has 2 aromatic rings. The molecule has 0 aliphatic rings. The predicted molar refractivity (Wildman–Crippen MR) is 95.6 cm³/mol. The molecule has 0 fully saturated rings. The monoisotopic (exact) mass is 328 g/mol. The Hall–Kier alpha value is -2.63. The summed E-state index contributed by atoms with van der Waals surface area (Å²) in [6.45, 7) is 9.51. The van der Waals surface area contributed by atoms with E-state index in [0.29, 0.717) is 11.6 Å². The average Bonchev–Trinajstić information content (AvgIpc) is 2.50. The summed E-state index contributed by atoms with van der Waals surface area (Å²) >= 11 is 0. The van der Waals surface area contributed by atoms with Crippen molar-refractivity contribution in [2.75, 3.05) is 10.6 Å². The highest BCUT2D eigenvalue weighted by Crippen LogP contribution is 2.20. The standard InChI is InChI=1S/C18H24N4O2/c1-12(2)24-14-8-6-13(7-9-14)19-15-10-11-16(22-21-15)20-17(23)18(3,4)5/h6-12H,1-5H3,(H,19,21)(H,20,22,23). The van der Waals surface area contributed by atoms with Crippen LogP contribution in [-0.4, -0.2) is 22.2 Å². The Morgan fingerprint density at radius 1 is 1.00 bits per heavy atom. The Labute approximate surface area is 142 Å². The van der Waals surface area contributed by atoms with Gasteiger partial charge in [0, 0.05) is 11.1 Å². The van der Waals surface area contributed by atoms with Gasteiger partial charge in [0.15, 0.2) is 11.6 Å². The second-order valence-corrected chi connectivity index (χ2v) is 6.82. The van der Waals surface area contributed by atoms with Crippen LogP contribution in [0.4, 0.5) is 17.3 Å². The lowest BCUT2D eigenvalue weighted by Crippen LogP contribution is -2.28. The van der Waals surface area contributed by atoms with E-state index in [4.69, 9.17) is 4.74 Å². The van der Waals surface area contributed by atoms with Crippen molar-refractivity contribution in [3.8, 4) is 5.75 Å². The Kier molecular flexibility index (Phi) is 5.39. The van der Waals surface area contributed by atoms with Crippen molar-refractivity contribution in [1.82, 2.24) is 10.2 Å². The molecule has 0 atom stereocenters. The Bertz CT molecular complexity index is 674. The van der Waals surface area contributed by atoms with E-state index < -0.39 is 5.41 Å². The number of anilines is 3. The second-order valence-electron chi connectivity index (χ2n) is 6.82. The third-order valence-corrected chi connectivity index (χ3v) is 3.09. The van der Waals surface area contributed by atoms with Gasteiger partial charge < -0.3 is 15.4 Å². The van der Waals surface area contributed by atoms with E-state index in [2.05, 4.69) is 20.8 Å². The predicted octanol–water partition coefficient (Wildman–Crippen LogP) is 3.99. The van der Waals surface area contributed by atoms with Crippen molar-refractivity contribution in [3.05, 3.63) is 36.4 Å². The molecule has 0 bridgehead atoms. The summed E-state index contributed by atoms with van der Waals surface area (Å²) in [5.41, 5.74) is 0.408. The molecular formula is C18H24N4O2. The number of benzene rings is 1. The lowest BCUT2D eigenvalue weighted by molar-refractivity contribution is -0.123. The van der Waals surface area contributed by atoms with Crippen molar-refractivity contribution < 1.29 is 9.53 Å². The molecule has 1 aromatic heterocycles. The molecule has 2 rings (SSSR count). The number of hydrogen-bond acceptors (Lipinski definition) is 5. The summed E-state index contributed by atoms with van der Waals surface area (Å²) < 4.78 is 5.60. The highest BCUT2D eigenvalue weighted by atomic mass is 16.5. The van der Waals surface area contributed by atoms with Crippen LogP contribution < -0.4 is 15.4 Å². The molecule has 1 amide bonds. The number of amides is 1. The topological polar surface area (TPSA) is 76.1 Å². The zero-order valence-electron chi connectivity index (χ0n) is 14.8. The maximum atomic E-state index is 11.9. The van der Waals surface area contributed by atoms with Crippen LogP contribution >= 0.6 is 0 Å². The van der Waals surface area contributed by atoms with Gasteiger partial charge in [-0.3, -0.25) is 4.79 Å². The van der Waals surface area contributed by atoms with Gasteiger partial charge >= 0.3 is 0 Å². The normalized spacial score (nSPS) is 11.2. The molecular weight excluding hydrogens is 304 g/mol. The third kappa shape index (κ3) is 5.22. The molecule has 6 nitrogen and oxygen atoms in total. The van der Waals surface area contributed by atoms with Gasteiger partial charge in [0.1, 0.15) is 5.75 Å². The molecule has 1 aromatic carbocycles. The molecule has 0 saturated heterocycles. The van der Waals surface area contributed by atoms with Crippen LogP contribution in [-0.2, 0) is 4.79 Å². The Morgan fingerprint density at radius 2 is 1.58 bits per heavy atom. The van der Waals surface area contributed by atoms with Crippen LogP contribution in [0.3, 0.4) is 0 Å². The van der Waals surface area contributed by atoms with E-state index in [0.717, 1.165) is 11.4 Å². The summed E-state index contributed by atoms with van der Waals surface area (Å²) in [5, 5.41) is 14.0. The van der Waals surface area contributed by atoms with Gasteiger partial charge in [-0.15, -0.1) is 10.2 Å². The van der Waals surface area contributed by atoms with Crippen LogP contribution in [0.1, 0.15) is 34.6 Å². The minimum Gasteiger partial charge on any atom is -0.491 e. The zero-order valence-corrected chi connectivity index (χ0v) is 14.8. The van der Waals surface area contributed by atoms with Crippen molar-refractivity contribution in [2.45, 2.75) is 40.7 Å². The molecule has 0 aliphatic heterocycles. The minimum atomic E-state index is -0.474. The first kappa shape index (κ1) is 17.7. The van der Waals surface area contributed by atoms with E-state index >= 15 is 0 Å². The van der Waals surface area contributed by atoms with Crippen LogP contribution in [0, 0.1) is 5.41 Å². The summed E-state index contributed by atoms with van der Waals surface area (Å²) in [5.74, 6) is 1.75. The first-order chi connectivity index (χ1) is 11.2. The highest BCUT2D eigenvalue weighted by molar-refractivity contribution is 5.93. The molecule has 24 heavy (non-hydrogen) atoms. The fourth-order valence-electron chi connectivity index (χ4n) is 1.81. The summed E-state index contributed by atoms with van der Waals surface area (Å²) in [6.07, 6.45) is 0.144. The number of aromatic nitrogens is 2. The van der Waals surface area contributed by atoms with E-state index in [1.807, 2.05) is 58.9 Å². The fourth-order valence-corrected chi connectivity index (χ4v) is 1.81. The summed E-state index contributed by atoms with van der Waals surface area (Å²) in [7, 11) is 0. The molecule has 6 heteroatoms. The molecule has 0 unspecified atom stereocenters. The minimum absolute atomic E-state index is 0.0988. The number of carbonyl (C=O) groups excluding carboxylic acids is 1. The number of rotatable bonds is 5. The van der Waals surface area contributed by atoms with Gasteiger partial charge in [-0.25, -0.2) is 0 Å². The maximum Gasteiger partial charge on any atom is 0.230 e. The number of ether oxygens (including phenoxy) is 1.